The van der Waals surface area contributed by atoms with E-state index in [0.29, 0.717) is 18.2 Å². The lowest BCUT2D eigenvalue weighted by Gasteiger charge is -2.28. The largest absolute Gasteiger partial charge is 0.378 e. The molecule has 5 rings (SSSR count). The van der Waals surface area contributed by atoms with Crippen molar-refractivity contribution in [1.29, 1.82) is 5.26 Å². The zero-order valence-electron chi connectivity index (χ0n) is 18.7. The van der Waals surface area contributed by atoms with Crippen LogP contribution in [0.1, 0.15) is 32.6 Å². The third-order valence-electron chi connectivity index (χ3n) is 6.86. The van der Waals surface area contributed by atoms with Gasteiger partial charge in [0.05, 0.1) is 19.3 Å². The van der Waals surface area contributed by atoms with Crippen molar-refractivity contribution in [3.63, 3.8) is 0 Å². The average Bonchev–Trinajstić information content (AvgIpc) is 3.65. The van der Waals surface area contributed by atoms with Gasteiger partial charge in [0.1, 0.15) is 11.2 Å². The smallest absolute Gasteiger partial charge is 0.249 e. The Morgan fingerprint density at radius 2 is 1.94 bits per heavy atom. The molecule has 3 heterocycles. The first-order chi connectivity index (χ1) is 15.6. The van der Waals surface area contributed by atoms with E-state index in [1.54, 1.807) is 17.2 Å². The number of benzene rings is 1. The van der Waals surface area contributed by atoms with Crippen LogP contribution in [0.2, 0.25) is 0 Å². The first-order valence-corrected chi connectivity index (χ1v) is 11.4. The second-order valence-corrected chi connectivity index (χ2v) is 8.81. The molecule has 1 amide bonds. The number of nitriles is 1. The topological polar surface area (TPSA) is 94.4 Å². The Kier molecular flexibility index (Phi) is 6.73. The van der Waals surface area contributed by atoms with Crippen LogP contribution in [0.3, 0.4) is 0 Å². The molecular formula is C24H29ClN6O2. The molecule has 3 fully saturated rings. The molecule has 9 heteroatoms. The van der Waals surface area contributed by atoms with E-state index in [9.17, 15) is 10.1 Å². The molecule has 0 radical (unpaired) electrons. The number of morpholine rings is 1. The number of nitrogens with zero attached hydrogens (tertiary/aromatic N) is 5. The summed E-state index contributed by atoms with van der Waals surface area (Å²) >= 11 is 0. The lowest BCUT2D eigenvalue weighted by Crippen LogP contribution is -2.38. The minimum atomic E-state index is -0.894. The minimum absolute atomic E-state index is 0. The molecule has 3 aliphatic rings. The van der Waals surface area contributed by atoms with Crippen LogP contribution in [0.25, 0.3) is 0 Å². The standard InChI is InChI=1S/C24H28N6O2.ClH/c1-2-19-15-24(16-25,17-3-4-17)22(31)30(19)21-9-10-26-23(28-21)27-18-5-7-20(8-6-18)29-11-13-32-14-12-29;/h5-10,17,19H,2-4,11-15H2,1H3,(H,26,27,28);1H/t19-,24-;/m1./s1. The first-order valence-electron chi connectivity index (χ1n) is 11.4. The molecule has 33 heavy (non-hydrogen) atoms. The number of carbonyl (C=O) groups excluding carboxylic acids is 1. The van der Waals surface area contributed by atoms with Crippen LogP contribution in [0.4, 0.5) is 23.1 Å². The summed E-state index contributed by atoms with van der Waals surface area (Å²) in [6, 6.07) is 12.3. The molecule has 2 aromatic rings. The van der Waals surface area contributed by atoms with Gasteiger partial charge in [0, 0.05) is 36.7 Å². The molecule has 2 saturated heterocycles. The summed E-state index contributed by atoms with van der Waals surface area (Å²) in [7, 11) is 0. The normalized spacial score (nSPS) is 24.8. The Bertz CT molecular complexity index is 1030. The van der Waals surface area contributed by atoms with Gasteiger partial charge in [-0.2, -0.15) is 10.2 Å². The van der Waals surface area contributed by atoms with E-state index < -0.39 is 5.41 Å². The van der Waals surface area contributed by atoms with E-state index in [0.717, 1.165) is 56.9 Å². The number of ether oxygens (including phenoxy) is 1. The number of carbonyl (C=O) groups is 1. The quantitative estimate of drug-likeness (QED) is 0.686. The highest BCUT2D eigenvalue weighted by atomic mass is 35.5. The van der Waals surface area contributed by atoms with Crippen molar-refractivity contribution < 1.29 is 9.53 Å². The Morgan fingerprint density at radius 1 is 1.21 bits per heavy atom. The van der Waals surface area contributed by atoms with E-state index in [1.165, 1.54) is 0 Å². The molecule has 1 aliphatic carbocycles. The predicted octanol–water partition coefficient (Wildman–Crippen LogP) is 3.91. The minimum Gasteiger partial charge on any atom is -0.378 e. The molecular weight excluding hydrogens is 440 g/mol. The Labute approximate surface area is 200 Å². The number of nitrogens with one attached hydrogen (secondary N) is 1. The van der Waals surface area contributed by atoms with E-state index >= 15 is 0 Å². The zero-order valence-corrected chi connectivity index (χ0v) is 19.6. The fourth-order valence-electron chi connectivity index (χ4n) is 4.90. The molecule has 174 valence electrons. The van der Waals surface area contributed by atoms with Crippen LogP contribution in [-0.2, 0) is 9.53 Å². The lowest BCUT2D eigenvalue weighted by molar-refractivity contribution is -0.123. The molecule has 2 aliphatic heterocycles. The van der Waals surface area contributed by atoms with E-state index in [-0.39, 0.29) is 30.3 Å². The monoisotopic (exact) mass is 468 g/mol. The first kappa shape index (κ1) is 23.3. The molecule has 1 saturated carbocycles. The van der Waals surface area contributed by atoms with Gasteiger partial charge in [-0.3, -0.25) is 9.69 Å². The van der Waals surface area contributed by atoms with Gasteiger partial charge in [0.15, 0.2) is 0 Å². The number of hydrogen-bond acceptors (Lipinski definition) is 7. The summed E-state index contributed by atoms with van der Waals surface area (Å²) < 4.78 is 5.42. The maximum absolute atomic E-state index is 13.4. The second kappa shape index (κ2) is 9.54. The number of aromatic nitrogens is 2. The van der Waals surface area contributed by atoms with Crippen LogP contribution in [-0.4, -0.2) is 48.2 Å². The molecule has 1 N–H and O–H groups in total. The van der Waals surface area contributed by atoms with E-state index in [1.807, 2.05) is 12.1 Å². The highest BCUT2D eigenvalue weighted by molar-refractivity contribution is 6.02. The van der Waals surface area contributed by atoms with Crippen molar-refractivity contribution in [3.8, 4) is 6.07 Å². The van der Waals surface area contributed by atoms with Gasteiger partial charge in [-0.15, -0.1) is 12.4 Å². The zero-order chi connectivity index (χ0) is 22.1. The van der Waals surface area contributed by atoms with Gasteiger partial charge in [-0.1, -0.05) is 6.92 Å². The molecule has 0 spiro atoms. The van der Waals surface area contributed by atoms with Gasteiger partial charge in [0.25, 0.3) is 0 Å². The molecule has 1 aromatic carbocycles. The van der Waals surface area contributed by atoms with Crippen molar-refractivity contribution in [2.45, 2.75) is 38.6 Å². The fraction of sp³-hybridized carbons (Fsp3) is 0.500. The summed E-state index contributed by atoms with van der Waals surface area (Å²) in [5, 5.41) is 13.1. The summed E-state index contributed by atoms with van der Waals surface area (Å²) in [6.45, 7) is 5.35. The van der Waals surface area contributed by atoms with Gasteiger partial charge < -0.3 is 15.0 Å². The second-order valence-electron chi connectivity index (χ2n) is 8.81. The summed E-state index contributed by atoms with van der Waals surface area (Å²) in [5.74, 6) is 1.07. The summed E-state index contributed by atoms with van der Waals surface area (Å²) in [4.78, 5) is 26.4. The molecule has 0 unspecified atom stereocenters. The molecule has 2 atom stereocenters. The lowest BCUT2D eigenvalue weighted by atomic mass is 9.81. The Balaban J connectivity index is 0.00000259. The predicted molar refractivity (Wildman–Crippen MR) is 129 cm³/mol. The van der Waals surface area contributed by atoms with Crippen molar-refractivity contribution in [1.82, 2.24) is 9.97 Å². The number of halogens is 1. The number of amides is 1. The summed E-state index contributed by atoms with van der Waals surface area (Å²) in [6.07, 6.45) is 4.95. The van der Waals surface area contributed by atoms with Gasteiger partial charge in [0.2, 0.25) is 11.9 Å². The van der Waals surface area contributed by atoms with Crippen molar-refractivity contribution >= 4 is 41.5 Å². The number of hydrogen-bond donors (Lipinski definition) is 1. The molecule has 0 bridgehead atoms. The molecule has 8 nitrogen and oxygen atoms in total. The fourth-order valence-corrected chi connectivity index (χ4v) is 4.90. The third-order valence-corrected chi connectivity index (χ3v) is 6.86. The maximum Gasteiger partial charge on any atom is 0.249 e. The molecule has 1 aromatic heterocycles. The van der Waals surface area contributed by atoms with Crippen LogP contribution in [0.5, 0.6) is 0 Å². The van der Waals surface area contributed by atoms with Gasteiger partial charge in [-0.05, 0) is 61.9 Å². The average molecular weight is 469 g/mol. The highest BCUT2D eigenvalue weighted by Gasteiger charge is 2.60. The summed E-state index contributed by atoms with van der Waals surface area (Å²) in [5.41, 5.74) is 1.15. The van der Waals surface area contributed by atoms with Gasteiger partial charge >= 0.3 is 0 Å². The maximum atomic E-state index is 13.4. The SMILES string of the molecule is CC[C@@H]1C[C@@](C#N)(C2CC2)C(=O)N1c1ccnc(Nc2ccc(N3CCOCC3)cc2)n1.Cl. The van der Waals surface area contributed by atoms with Crippen molar-refractivity contribution in [3.05, 3.63) is 36.5 Å². The van der Waals surface area contributed by atoms with Crippen molar-refractivity contribution in [2.24, 2.45) is 11.3 Å². The van der Waals surface area contributed by atoms with Crippen LogP contribution < -0.4 is 15.1 Å². The Hall–Kier alpha value is -2.89. The third kappa shape index (κ3) is 4.35. The van der Waals surface area contributed by atoms with Gasteiger partial charge in [-0.25, -0.2) is 4.98 Å². The van der Waals surface area contributed by atoms with E-state index in [4.69, 9.17) is 4.74 Å². The number of rotatable bonds is 6. The van der Waals surface area contributed by atoms with Crippen LogP contribution in [0, 0.1) is 22.7 Å². The number of anilines is 4. The Morgan fingerprint density at radius 3 is 2.58 bits per heavy atom. The van der Waals surface area contributed by atoms with Crippen LogP contribution >= 0.6 is 12.4 Å². The van der Waals surface area contributed by atoms with Crippen molar-refractivity contribution in [2.75, 3.05) is 41.4 Å². The van der Waals surface area contributed by atoms with E-state index in [2.05, 4.69) is 45.3 Å². The highest BCUT2D eigenvalue weighted by Crippen LogP contribution is 2.54. The van der Waals surface area contributed by atoms with Crippen LogP contribution in [0.15, 0.2) is 36.5 Å².